The van der Waals surface area contributed by atoms with Crippen molar-refractivity contribution in [1.29, 1.82) is 0 Å². The highest BCUT2D eigenvalue weighted by Gasteiger charge is 2.22. The van der Waals surface area contributed by atoms with Gasteiger partial charge in [-0.1, -0.05) is 42.5 Å². The third-order valence-corrected chi connectivity index (χ3v) is 4.97. The number of aliphatic hydroxyl groups is 1. The van der Waals surface area contributed by atoms with Crippen molar-refractivity contribution < 1.29 is 5.11 Å². The van der Waals surface area contributed by atoms with Crippen molar-refractivity contribution in [3.8, 4) is 0 Å². The number of hydrogen-bond donors (Lipinski definition) is 4. The molecule has 0 saturated heterocycles. The molecule has 29 heavy (non-hydrogen) atoms. The number of nitrogens with one attached hydrogen (secondary N) is 3. The Hall–Kier alpha value is -2.06. The first-order valence-electron chi connectivity index (χ1n) is 9.87. The normalized spacial score (nSPS) is 13.6. The molecule has 0 spiro atoms. The Morgan fingerprint density at radius 2 is 1.86 bits per heavy atom. The average Bonchev–Trinajstić information content (AvgIpc) is 3.11. The third-order valence-electron chi connectivity index (χ3n) is 4.97. The van der Waals surface area contributed by atoms with Crippen LogP contribution in [0.4, 0.5) is 0 Å². The first-order valence-corrected chi connectivity index (χ1v) is 9.87. The topological polar surface area (TPSA) is 72.4 Å². The molecule has 0 bridgehead atoms. The predicted octanol–water partition coefficient (Wildman–Crippen LogP) is 4.10. The second-order valence-corrected chi connectivity index (χ2v) is 7.32. The highest BCUT2D eigenvalue weighted by atomic mass is 127. The summed E-state index contributed by atoms with van der Waals surface area (Å²) in [5.74, 6) is 0.718. The lowest BCUT2D eigenvalue weighted by Gasteiger charge is -2.22. The summed E-state index contributed by atoms with van der Waals surface area (Å²) in [5.41, 5.74) is 3.62. The number of H-pyrrole nitrogens is 1. The number of hydrogen-bond acceptors (Lipinski definition) is 2. The molecule has 4 N–H and O–H groups in total. The van der Waals surface area contributed by atoms with Crippen molar-refractivity contribution in [3.05, 3.63) is 71.4 Å². The van der Waals surface area contributed by atoms with Gasteiger partial charge in [0, 0.05) is 30.2 Å². The van der Waals surface area contributed by atoms with Gasteiger partial charge < -0.3 is 20.7 Å². The fraction of sp³-hybridized carbons (Fsp3) is 0.348. The number of guanidine groups is 1. The largest absolute Gasteiger partial charge is 0.384 e. The Morgan fingerprint density at radius 3 is 2.59 bits per heavy atom. The van der Waals surface area contributed by atoms with E-state index in [1.165, 1.54) is 22.0 Å². The van der Waals surface area contributed by atoms with Crippen molar-refractivity contribution in [1.82, 2.24) is 15.6 Å². The van der Waals surface area contributed by atoms with E-state index in [0.717, 1.165) is 31.0 Å². The standard InChI is InChI=1S/C23H30N4O.HI/c1-4-24-22(27-16-23(3,28)19-10-6-5-7-11-19)25-14-13-18-15-26-20-12-8-9-17(2)21(18)20;/h5-12,15,26,28H,4,13-14,16H2,1-3H3,(H2,24,25,27);1H. The van der Waals surface area contributed by atoms with Crippen molar-refractivity contribution in [2.75, 3.05) is 19.6 Å². The molecule has 156 valence electrons. The van der Waals surface area contributed by atoms with E-state index in [-0.39, 0.29) is 24.0 Å². The zero-order valence-corrected chi connectivity index (χ0v) is 19.7. The van der Waals surface area contributed by atoms with Crippen molar-refractivity contribution in [2.24, 2.45) is 4.99 Å². The number of nitrogens with zero attached hydrogens (tertiary/aromatic N) is 1. The van der Waals surface area contributed by atoms with E-state index in [1.54, 1.807) is 6.92 Å². The van der Waals surface area contributed by atoms with Crippen LogP contribution in [-0.2, 0) is 12.0 Å². The van der Waals surface area contributed by atoms with Gasteiger partial charge in [-0.25, -0.2) is 4.99 Å². The summed E-state index contributed by atoms with van der Waals surface area (Å²) in [4.78, 5) is 7.95. The molecule has 1 unspecified atom stereocenters. The summed E-state index contributed by atoms with van der Waals surface area (Å²) in [5, 5.41) is 18.7. The molecule has 3 aromatic rings. The van der Waals surface area contributed by atoms with Crippen LogP contribution < -0.4 is 10.6 Å². The lowest BCUT2D eigenvalue weighted by Crippen LogP contribution is -2.39. The van der Waals surface area contributed by atoms with Gasteiger partial charge in [0.05, 0.1) is 6.54 Å². The number of aromatic amines is 1. The van der Waals surface area contributed by atoms with Gasteiger partial charge in [-0.05, 0) is 49.9 Å². The number of halogens is 1. The van der Waals surface area contributed by atoms with Crippen molar-refractivity contribution in [3.63, 3.8) is 0 Å². The summed E-state index contributed by atoms with van der Waals surface area (Å²) in [6, 6.07) is 16.0. The smallest absolute Gasteiger partial charge is 0.191 e. The van der Waals surface area contributed by atoms with Gasteiger partial charge >= 0.3 is 0 Å². The molecule has 0 amide bonds. The lowest BCUT2D eigenvalue weighted by atomic mass is 9.96. The molecule has 1 atom stereocenters. The Kier molecular flexibility index (Phi) is 8.52. The van der Waals surface area contributed by atoms with Crippen LogP contribution in [0.2, 0.25) is 0 Å². The molecule has 0 radical (unpaired) electrons. The van der Waals surface area contributed by atoms with Crippen molar-refractivity contribution in [2.45, 2.75) is 32.8 Å². The maximum Gasteiger partial charge on any atom is 0.191 e. The predicted molar refractivity (Wildman–Crippen MR) is 132 cm³/mol. The van der Waals surface area contributed by atoms with Crippen LogP contribution in [0.1, 0.15) is 30.5 Å². The molecular weight excluding hydrogens is 475 g/mol. The molecule has 0 fully saturated rings. The number of benzene rings is 2. The number of rotatable bonds is 7. The SMILES string of the molecule is CCNC(=NCC(C)(O)c1ccccc1)NCCc1c[nH]c2cccc(C)c12.I. The number of aromatic nitrogens is 1. The molecule has 1 heterocycles. The van der Waals surface area contributed by atoms with E-state index >= 15 is 0 Å². The van der Waals surface area contributed by atoms with Crippen LogP contribution in [0.25, 0.3) is 10.9 Å². The second-order valence-electron chi connectivity index (χ2n) is 7.32. The maximum atomic E-state index is 10.8. The van der Waals surface area contributed by atoms with Gasteiger partial charge in [0.25, 0.3) is 0 Å². The van der Waals surface area contributed by atoms with Gasteiger partial charge in [-0.3, -0.25) is 0 Å². The zero-order chi connectivity index (χ0) is 20.0. The minimum atomic E-state index is -1.00. The Morgan fingerprint density at radius 1 is 1.10 bits per heavy atom. The van der Waals surface area contributed by atoms with E-state index in [1.807, 2.05) is 37.3 Å². The monoisotopic (exact) mass is 506 g/mol. The Bertz CT molecular complexity index is 934. The van der Waals surface area contributed by atoms with Crippen LogP contribution in [0.15, 0.2) is 59.7 Å². The number of aryl methyl sites for hydroxylation is 1. The van der Waals surface area contributed by atoms with Gasteiger partial charge in [0.2, 0.25) is 0 Å². The third kappa shape index (κ3) is 5.96. The number of aliphatic imine (C=N–C) groups is 1. The van der Waals surface area contributed by atoms with Gasteiger partial charge in [0.15, 0.2) is 5.96 Å². The van der Waals surface area contributed by atoms with E-state index in [0.29, 0.717) is 6.54 Å². The molecule has 0 aliphatic heterocycles. The van der Waals surface area contributed by atoms with Crippen LogP contribution in [-0.4, -0.2) is 35.7 Å². The first-order chi connectivity index (χ1) is 13.5. The summed E-state index contributed by atoms with van der Waals surface area (Å²) in [7, 11) is 0. The first kappa shape index (κ1) is 23.2. The zero-order valence-electron chi connectivity index (χ0n) is 17.3. The van der Waals surface area contributed by atoms with E-state index in [9.17, 15) is 5.11 Å². The molecule has 0 saturated carbocycles. The minimum absolute atomic E-state index is 0. The van der Waals surface area contributed by atoms with Crippen LogP contribution in [0.5, 0.6) is 0 Å². The molecule has 0 aliphatic carbocycles. The van der Waals surface area contributed by atoms with Crippen LogP contribution in [0.3, 0.4) is 0 Å². The summed E-state index contributed by atoms with van der Waals surface area (Å²) < 4.78 is 0. The average molecular weight is 506 g/mol. The summed E-state index contributed by atoms with van der Waals surface area (Å²) >= 11 is 0. The van der Waals surface area contributed by atoms with Crippen molar-refractivity contribution >= 4 is 40.8 Å². The molecule has 1 aromatic heterocycles. The van der Waals surface area contributed by atoms with Gasteiger partial charge in [0.1, 0.15) is 5.60 Å². The Balaban J connectivity index is 0.00000300. The fourth-order valence-corrected chi connectivity index (χ4v) is 3.43. The van der Waals surface area contributed by atoms with Gasteiger partial charge in [-0.15, -0.1) is 24.0 Å². The van der Waals surface area contributed by atoms with Crippen LogP contribution in [0, 0.1) is 6.92 Å². The van der Waals surface area contributed by atoms with Gasteiger partial charge in [-0.2, -0.15) is 0 Å². The lowest BCUT2D eigenvalue weighted by molar-refractivity contribution is 0.0672. The van der Waals surface area contributed by atoms with Crippen LogP contribution >= 0.6 is 24.0 Å². The minimum Gasteiger partial charge on any atom is -0.384 e. The van der Waals surface area contributed by atoms with E-state index < -0.39 is 5.60 Å². The maximum absolute atomic E-state index is 10.8. The fourth-order valence-electron chi connectivity index (χ4n) is 3.43. The molecular formula is C23H31IN4O. The molecule has 2 aromatic carbocycles. The second kappa shape index (κ2) is 10.6. The molecule has 6 heteroatoms. The number of fused-ring (bicyclic) bond motifs is 1. The Labute approximate surface area is 190 Å². The summed E-state index contributed by atoms with van der Waals surface area (Å²) in [6.45, 7) is 7.80. The van der Waals surface area contributed by atoms with E-state index in [4.69, 9.17) is 0 Å². The summed E-state index contributed by atoms with van der Waals surface area (Å²) in [6.07, 6.45) is 2.98. The molecule has 5 nitrogen and oxygen atoms in total. The molecule has 0 aliphatic rings. The highest BCUT2D eigenvalue weighted by Crippen LogP contribution is 2.22. The molecule has 3 rings (SSSR count). The highest BCUT2D eigenvalue weighted by molar-refractivity contribution is 14.0. The van der Waals surface area contributed by atoms with E-state index in [2.05, 4.69) is 51.9 Å². The quantitative estimate of drug-likeness (QED) is 0.222.